The van der Waals surface area contributed by atoms with E-state index < -0.39 is 0 Å². The monoisotopic (exact) mass is 315 g/mol. The Labute approximate surface area is 139 Å². The minimum absolute atomic E-state index is 0.282. The van der Waals surface area contributed by atoms with Gasteiger partial charge in [0, 0.05) is 31.4 Å². The Bertz CT molecular complexity index is 542. The Hall–Kier alpha value is -1.32. The molecule has 1 amide bonds. The van der Waals surface area contributed by atoms with Crippen LogP contribution in [-0.2, 0) is 11.3 Å². The van der Waals surface area contributed by atoms with E-state index in [1.165, 1.54) is 44.2 Å². The van der Waals surface area contributed by atoms with E-state index >= 15 is 0 Å². The largest absolute Gasteiger partial charge is 0.356 e. The first kappa shape index (κ1) is 15.2. The number of hydrogen-bond acceptors (Lipinski definition) is 2. The predicted molar refractivity (Wildman–Crippen MR) is 89.8 cm³/mol. The second kappa shape index (κ2) is 5.95. The minimum atomic E-state index is 0.282. The highest BCUT2D eigenvalue weighted by molar-refractivity contribution is 5.76. The van der Waals surface area contributed by atoms with Gasteiger partial charge in [0.1, 0.15) is 0 Å². The molecule has 0 aromatic carbocycles. The summed E-state index contributed by atoms with van der Waals surface area (Å²) in [6, 6.07) is 2.02. The molecule has 4 aliphatic carbocycles. The van der Waals surface area contributed by atoms with Crippen molar-refractivity contribution in [3.8, 4) is 0 Å². The Morgan fingerprint density at radius 1 is 1.26 bits per heavy atom. The summed E-state index contributed by atoms with van der Waals surface area (Å²) in [6.45, 7) is 3.72. The first-order chi connectivity index (χ1) is 11.1. The van der Waals surface area contributed by atoms with E-state index in [0.29, 0.717) is 5.41 Å². The van der Waals surface area contributed by atoms with Gasteiger partial charge in [-0.05, 0) is 81.1 Å². The first-order valence-corrected chi connectivity index (χ1v) is 9.37. The molecule has 0 radical (unpaired) electrons. The van der Waals surface area contributed by atoms with Gasteiger partial charge in [-0.25, -0.2) is 0 Å². The van der Waals surface area contributed by atoms with Crippen molar-refractivity contribution in [2.75, 3.05) is 6.54 Å². The third-order valence-electron chi connectivity index (χ3n) is 6.50. The highest BCUT2D eigenvalue weighted by Crippen LogP contribution is 2.61. The maximum atomic E-state index is 12.4. The Balaban J connectivity index is 1.23. The molecule has 1 aromatic rings. The number of nitrogens with one attached hydrogen (secondary N) is 1. The second-order valence-electron chi connectivity index (χ2n) is 8.49. The molecule has 1 aromatic heterocycles. The maximum Gasteiger partial charge on any atom is 0.220 e. The van der Waals surface area contributed by atoms with Crippen molar-refractivity contribution in [3.05, 3.63) is 18.0 Å². The van der Waals surface area contributed by atoms with Crippen LogP contribution in [0.3, 0.4) is 0 Å². The van der Waals surface area contributed by atoms with Crippen LogP contribution < -0.4 is 5.32 Å². The van der Waals surface area contributed by atoms with Crippen molar-refractivity contribution in [1.82, 2.24) is 15.1 Å². The van der Waals surface area contributed by atoms with Crippen molar-refractivity contribution in [2.24, 2.45) is 23.2 Å². The molecule has 0 atom stereocenters. The third kappa shape index (κ3) is 3.17. The zero-order chi connectivity index (χ0) is 15.9. The van der Waals surface area contributed by atoms with Crippen LogP contribution >= 0.6 is 0 Å². The summed E-state index contributed by atoms with van der Waals surface area (Å²) >= 11 is 0. The molecule has 0 aliphatic heterocycles. The fourth-order valence-electron chi connectivity index (χ4n) is 6.00. The summed E-state index contributed by atoms with van der Waals surface area (Å²) in [6.07, 6.45) is 11.9. The number of hydrogen-bond donors (Lipinski definition) is 1. The number of amides is 1. The molecule has 0 spiro atoms. The maximum absolute atomic E-state index is 12.4. The Morgan fingerprint density at radius 3 is 2.48 bits per heavy atom. The van der Waals surface area contributed by atoms with E-state index in [1.807, 2.05) is 16.9 Å². The molecule has 0 unspecified atom stereocenters. The first-order valence-electron chi connectivity index (χ1n) is 9.37. The lowest BCUT2D eigenvalue weighted by Crippen LogP contribution is -2.48. The topological polar surface area (TPSA) is 46.9 Å². The molecule has 4 nitrogen and oxygen atoms in total. The molecule has 4 saturated carbocycles. The standard InChI is InChI=1S/C19H29N3O/c1-14-3-5-21-22(14)6-2-4-20-18(23)13-19-10-15-7-16(11-19)9-17(8-15)12-19/h3,5,15-17H,2,4,6-13H2,1H3,(H,20,23). The molecule has 0 saturated heterocycles. The molecule has 4 heteroatoms. The van der Waals surface area contributed by atoms with Crippen molar-refractivity contribution < 1.29 is 4.79 Å². The van der Waals surface area contributed by atoms with Gasteiger partial charge in [-0.3, -0.25) is 9.48 Å². The molecule has 4 bridgehead atoms. The molecule has 5 rings (SSSR count). The third-order valence-corrected chi connectivity index (χ3v) is 6.50. The summed E-state index contributed by atoms with van der Waals surface area (Å²) in [5.74, 6) is 3.06. The minimum Gasteiger partial charge on any atom is -0.356 e. The van der Waals surface area contributed by atoms with Gasteiger partial charge in [0.2, 0.25) is 5.91 Å². The zero-order valence-electron chi connectivity index (χ0n) is 14.3. The summed E-state index contributed by atoms with van der Waals surface area (Å²) in [4.78, 5) is 12.4. The van der Waals surface area contributed by atoms with Gasteiger partial charge in [-0.2, -0.15) is 5.10 Å². The van der Waals surface area contributed by atoms with Crippen LogP contribution in [0.15, 0.2) is 12.3 Å². The van der Waals surface area contributed by atoms with E-state index in [9.17, 15) is 4.79 Å². The summed E-state index contributed by atoms with van der Waals surface area (Å²) in [5.41, 5.74) is 1.54. The highest BCUT2D eigenvalue weighted by atomic mass is 16.1. The van der Waals surface area contributed by atoms with Crippen LogP contribution in [-0.4, -0.2) is 22.2 Å². The van der Waals surface area contributed by atoms with E-state index in [-0.39, 0.29) is 5.91 Å². The van der Waals surface area contributed by atoms with Gasteiger partial charge in [0.25, 0.3) is 0 Å². The van der Waals surface area contributed by atoms with Crippen LogP contribution in [0.2, 0.25) is 0 Å². The summed E-state index contributed by atoms with van der Waals surface area (Å²) < 4.78 is 2.01. The normalized spacial score (nSPS) is 34.7. The number of aryl methyl sites for hydroxylation is 2. The number of carbonyl (C=O) groups excluding carboxylic acids is 1. The van der Waals surface area contributed by atoms with Crippen molar-refractivity contribution in [2.45, 2.75) is 64.8 Å². The Kier molecular flexibility index (Phi) is 3.94. The number of rotatable bonds is 6. The fraction of sp³-hybridized carbons (Fsp3) is 0.789. The number of nitrogens with zero attached hydrogens (tertiary/aromatic N) is 2. The molecule has 4 fully saturated rings. The zero-order valence-corrected chi connectivity index (χ0v) is 14.3. The van der Waals surface area contributed by atoms with E-state index in [1.54, 1.807) is 0 Å². The van der Waals surface area contributed by atoms with Gasteiger partial charge in [0.15, 0.2) is 0 Å². The molecular formula is C19H29N3O. The van der Waals surface area contributed by atoms with Gasteiger partial charge in [0.05, 0.1) is 0 Å². The van der Waals surface area contributed by atoms with Crippen LogP contribution in [0, 0.1) is 30.1 Å². The quantitative estimate of drug-likeness (QED) is 0.819. The highest BCUT2D eigenvalue weighted by Gasteiger charge is 2.51. The lowest BCUT2D eigenvalue weighted by Gasteiger charge is -2.56. The van der Waals surface area contributed by atoms with Gasteiger partial charge < -0.3 is 5.32 Å². The van der Waals surface area contributed by atoms with E-state index in [4.69, 9.17) is 0 Å². The lowest BCUT2D eigenvalue weighted by atomic mass is 9.49. The molecule has 23 heavy (non-hydrogen) atoms. The smallest absolute Gasteiger partial charge is 0.220 e. The van der Waals surface area contributed by atoms with Crippen LogP contribution in [0.25, 0.3) is 0 Å². The summed E-state index contributed by atoms with van der Waals surface area (Å²) in [7, 11) is 0. The van der Waals surface area contributed by atoms with Gasteiger partial charge in [-0.1, -0.05) is 0 Å². The summed E-state index contributed by atoms with van der Waals surface area (Å²) in [5, 5.41) is 7.44. The average molecular weight is 315 g/mol. The van der Waals surface area contributed by atoms with Crippen LogP contribution in [0.5, 0.6) is 0 Å². The average Bonchev–Trinajstić information content (AvgIpc) is 2.87. The van der Waals surface area contributed by atoms with Crippen molar-refractivity contribution in [3.63, 3.8) is 0 Å². The van der Waals surface area contributed by atoms with Crippen LogP contribution in [0.4, 0.5) is 0 Å². The Morgan fingerprint density at radius 2 is 1.91 bits per heavy atom. The molecule has 1 heterocycles. The molecule has 126 valence electrons. The number of aromatic nitrogens is 2. The van der Waals surface area contributed by atoms with Crippen LogP contribution in [0.1, 0.15) is 57.1 Å². The SMILES string of the molecule is Cc1ccnn1CCCNC(=O)CC12CC3CC(CC(C3)C1)C2. The molecular weight excluding hydrogens is 286 g/mol. The second-order valence-corrected chi connectivity index (χ2v) is 8.49. The fourth-order valence-corrected chi connectivity index (χ4v) is 6.00. The lowest BCUT2D eigenvalue weighted by molar-refractivity contribution is -0.129. The van der Waals surface area contributed by atoms with Crippen molar-refractivity contribution >= 4 is 5.91 Å². The predicted octanol–water partition coefficient (Wildman–Crippen LogP) is 3.30. The number of carbonyl (C=O) groups is 1. The molecule has 1 N–H and O–H groups in total. The molecule has 4 aliphatic rings. The van der Waals surface area contributed by atoms with Gasteiger partial charge in [-0.15, -0.1) is 0 Å². The van der Waals surface area contributed by atoms with Gasteiger partial charge >= 0.3 is 0 Å². The van der Waals surface area contributed by atoms with Crippen molar-refractivity contribution in [1.29, 1.82) is 0 Å². The van der Waals surface area contributed by atoms with E-state index in [2.05, 4.69) is 17.3 Å². The van der Waals surface area contributed by atoms with E-state index in [0.717, 1.165) is 43.7 Å².